The predicted molar refractivity (Wildman–Crippen MR) is 70.8 cm³/mol. The van der Waals surface area contributed by atoms with Gasteiger partial charge in [0.05, 0.1) is 24.7 Å². The summed E-state index contributed by atoms with van der Waals surface area (Å²) in [5.74, 6) is 0.218. The summed E-state index contributed by atoms with van der Waals surface area (Å²) < 4.78 is 15.2. The van der Waals surface area contributed by atoms with Crippen LogP contribution in [0.2, 0.25) is 0 Å². The van der Waals surface area contributed by atoms with E-state index in [0.29, 0.717) is 13.2 Å². The summed E-state index contributed by atoms with van der Waals surface area (Å²) >= 11 is 0. The number of nitrogens with one attached hydrogen (secondary N) is 1. The molecule has 1 aromatic carbocycles. The molecule has 0 bridgehead atoms. The number of anilines is 1. The van der Waals surface area contributed by atoms with Crippen molar-refractivity contribution in [3.63, 3.8) is 0 Å². The van der Waals surface area contributed by atoms with Crippen molar-refractivity contribution in [3.8, 4) is 5.75 Å². The van der Waals surface area contributed by atoms with Crippen molar-refractivity contribution in [2.24, 2.45) is 0 Å². The molecule has 7 nitrogen and oxygen atoms in total. The van der Waals surface area contributed by atoms with Gasteiger partial charge in [-0.05, 0) is 6.07 Å². The molecule has 7 heteroatoms. The van der Waals surface area contributed by atoms with Gasteiger partial charge >= 0.3 is 5.69 Å². The van der Waals surface area contributed by atoms with Gasteiger partial charge in [-0.25, -0.2) is 0 Å². The smallest absolute Gasteiger partial charge is 0.311 e. The molecule has 1 atom stereocenters. The Labute approximate surface area is 111 Å². The fourth-order valence-corrected chi connectivity index (χ4v) is 1.57. The molecular formula is C12H18N2O5. The molecule has 1 unspecified atom stereocenters. The SMILES string of the molecule is COCC(CNc1ccc([N+](=O)[O-])c(OC)c1)OC. The summed E-state index contributed by atoms with van der Waals surface area (Å²) in [6.45, 7) is 0.999. The molecule has 1 N–H and O–H groups in total. The molecule has 0 heterocycles. The van der Waals surface area contributed by atoms with Gasteiger partial charge in [-0.2, -0.15) is 0 Å². The lowest BCUT2D eigenvalue weighted by Crippen LogP contribution is -2.26. The summed E-state index contributed by atoms with van der Waals surface area (Å²) in [5.41, 5.74) is 0.661. The Morgan fingerprint density at radius 1 is 1.37 bits per heavy atom. The van der Waals surface area contributed by atoms with Gasteiger partial charge < -0.3 is 19.5 Å². The molecule has 0 aliphatic heterocycles. The van der Waals surface area contributed by atoms with E-state index in [4.69, 9.17) is 14.2 Å². The molecule has 19 heavy (non-hydrogen) atoms. The first-order chi connectivity index (χ1) is 9.12. The van der Waals surface area contributed by atoms with Crippen molar-refractivity contribution < 1.29 is 19.1 Å². The number of hydrogen-bond donors (Lipinski definition) is 1. The second-order valence-corrected chi connectivity index (χ2v) is 3.84. The molecule has 0 saturated heterocycles. The number of hydrogen-bond acceptors (Lipinski definition) is 6. The van der Waals surface area contributed by atoms with Crippen LogP contribution in [0.3, 0.4) is 0 Å². The van der Waals surface area contributed by atoms with E-state index in [1.807, 2.05) is 0 Å². The van der Waals surface area contributed by atoms with Crippen LogP contribution in [0.4, 0.5) is 11.4 Å². The van der Waals surface area contributed by atoms with Crippen molar-refractivity contribution in [1.82, 2.24) is 0 Å². The third kappa shape index (κ3) is 4.38. The van der Waals surface area contributed by atoms with Gasteiger partial charge in [-0.1, -0.05) is 0 Å². The van der Waals surface area contributed by atoms with E-state index in [0.717, 1.165) is 5.69 Å². The predicted octanol–water partition coefficient (Wildman–Crippen LogP) is 1.68. The maximum absolute atomic E-state index is 10.8. The van der Waals surface area contributed by atoms with Crippen LogP contribution in [-0.2, 0) is 9.47 Å². The topological polar surface area (TPSA) is 82.9 Å². The standard InChI is InChI=1S/C12H18N2O5/c1-17-8-10(18-2)7-13-9-4-5-11(14(15)16)12(6-9)19-3/h4-6,10,13H,7-8H2,1-3H3. The van der Waals surface area contributed by atoms with Gasteiger partial charge in [0.1, 0.15) is 0 Å². The second kappa shape index (κ2) is 7.55. The Kier molecular flexibility index (Phi) is 6.04. The molecule has 0 radical (unpaired) electrons. The highest BCUT2D eigenvalue weighted by Crippen LogP contribution is 2.29. The van der Waals surface area contributed by atoms with E-state index in [1.165, 1.54) is 13.2 Å². The third-order valence-electron chi connectivity index (χ3n) is 2.60. The Bertz CT molecular complexity index is 425. The van der Waals surface area contributed by atoms with E-state index in [9.17, 15) is 10.1 Å². The average Bonchev–Trinajstić information content (AvgIpc) is 2.42. The zero-order valence-corrected chi connectivity index (χ0v) is 11.2. The van der Waals surface area contributed by atoms with Gasteiger partial charge in [0, 0.05) is 38.6 Å². The molecule has 0 aliphatic rings. The third-order valence-corrected chi connectivity index (χ3v) is 2.60. The first-order valence-electron chi connectivity index (χ1n) is 5.70. The lowest BCUT2D eigenvalue weighted by molar-refractivity contribution is -0.385. The van der Waals surface area contributed by atoms with E-state index in [2.05, 4.69) is 5.32 Å². The van der Waals surface area contributed by atoms with Crippen LogP contribution in [0.15, 0.2) is 18.2 Å². The number of benzene rings is 1. The molecule has 0 fully saturated rings. The maximum atomic E-state index is 10.8. The first kappa shape index (κ1) is 15.2. The van der Waals surface area contributed by atoms with Crippen LogP contribution in [0, 0.1) is 10.1 Å². The zero-order valence-electron chi connectivity index (χ0n) is 11.2. The van der Waals surface area contributed by atoms with Crippen molar-refractivity contribution in [2.75, 3.05) is 39.8 Å². The second-order valence-electron chi connectivity index (χ2n) is 3.84. The quantitative estimate of drug-likeness (QED) is 0.571. The molecule has 106 valence electrons. The summed E-state index contributed by atoms with van der Waals surface area (Å²) in [4.78, 5) is 10.3. The monoisotopic (exact) mass is 270 g/mol. The minimum Gasteiger partial charge on any atom is -0.490 e. The van der Waals surface area contributed by atoms with Crippen LogP contribution in [0.5, 0.6) is 5.75 Å². The summed E-state index contributed by atoms with van der Waals surface area (Å²) in [7, 11) is 4.59. The van der Waals surface area contributed by atoms with E-state index < -0.39 is 4.92 Å². The lowest BCUT2D eigenvalue weighted by Gasteiger charge is -2.16. The average molecular weight is 270 g/mol. The van der Waals surface area contributed by atoms with Crippen LogP contribution in [-0.4, -0.2) is 45.5 Å². The van der Waals surface area contributed by atoms with Crippen molar-refractivity contribution in [3.05, 3.63) is 28.3 Å². The van der Waals surface area contributed by atoms with Crippen LogP contribution < -0.4 is 10.1 Å². The highest BCUT2D eigenvalue weighted by molar-refractivity contribution is 5.57. The molecule has 0 aliphatic carbocycles. The Morgan fingerprint density at radius 2 is 2.11 bits per heavy atom. The largest absolute Gasteiger partial charge is 0.490 e. The number of nitro groups is 1. The number of nitro benzene ring substituents is 1. The molecule has 0 amide bonds. The fourth-order valence-electron chi connectivity index (χ4n) is 1.57. The first-order valence-corrected chi connectivity index (χ1v) is 5.70. The summed E-state index contributed by atoms with van der Waals surface area (Å²) in [6, 6.07) is 4.61. The summed E-state index contributed by atoms with van der Waals surface area (Å²) in [5, 5.41) is 13.9. The molecule has 1 rings (SSSR count). The van der Waals surface area contributed by atoms with Gasteiger partial charge in [-0.3, -0.25) is 10.1 Å². The van der Waals surface area contributed by atoms with E-state index in [-0.39, 0.29) is 17.5 Å². The van der Waals surface area contributed by atoms with E-state index >= 15 is 0 Å². The van der Waals surface area contributed by atoms with Gasteiger partial charge in [0.25, 0.3) is 0 Å². The number of methoxy groups -OCH3 is 3. The number of nitrogens with zero attached hydrogens (tertiary/aromatic N) is 1. The van der Waals surface area contributed by atoms with Gasteiger partial charge in [-0.15, -0.1) is 0 Å². The highest BCUT2D eigenvalue weighted by atomic mass is 16.6. The molecule has 1 aromatic rings. The van der Waals surface area contributed by atoms with E-state index in [1.54, 1.807) is 26.4 Å². The molecule has 0 spiro atoms. The molecule has 0 saturated carbocycles. The minimum absolute atomic E-state index is 0.0618. The summed E-state index contributed by atoms with van der Waals surface area (Å²) in [6.07, 6.45) is -0.0915. The Balaban J connectivity index is 2.72. The Morgan fingerprint density at radius 3 is 2.63 bits per heavy atom. The molecule has 0 aromatic heterocycles. The minimum atomic E-state index is -0.481. The normalized spacial score (nSPS) is 11.9. The van der Waals surface area contributed by atoms with Crippen molar-refractivity contribution in [1.29, 1.82) is 0 Å². The highest BCUT2D eigenvalue weighted by Gasteiger charge is 2.15. The van der Waals surface area contributed by atoms with Crippen molar-refractivity contribution >= 4 is 11.4 Å². The fraction of sp³-hybridized carbons (Fsp3) is 0.500. The van der Waals surface area contributed by atoms with Crippen LogP contribution >= 0.6 is 0 Å². The number of rotatable bonds is 8. The Hall–Kier alpha value is -1.86. The van der Waals surface area contributed by atoms with Gasteiger partial charge in [0.2, 0.25) is 0 Å². The lowest BCUT2D eigenvalue weighted by atomic mass is 10.2. The van der Waals surface area contributed by atoms with Gasteiger partial charge in [0.15, 0.2) is 5.75 Å². The van der Waals surface area contributed by atoms with Crippen molar-refractivity contribution in [2.45, 2.75) is 6.10 Å². The number of ether oxygens (including phenoxy) is 3. The maximum Gasteiger partial charge on any atom is 0.311 e. The zero-order chi connectivity index (χ0) is 14.3. The van der Waals surface area contributed by atoms with Crippen LogP contribution in [0.1, 0.15) is 0 Å². The molecular weight excluding hydrogens is 252 g/mol. The van der Waals surface area contributed by atoms with Crippen LogP contribution in [0.25, 0.3) is 0 Å².